The predicted octanol–water partition coefficient (Wildman–Crippen LogP) is 4.27. The number of Topliss-reactive ketones (excluding diaryl/α,β-unsaturated/α-hetero) is 2. The molecule has 0 N–H and O–H groups in total. The fourth-order valence-corrected chi connectivity index (χ4v) is 5.33. The Labute approximate surface area is 123 Å². The van der Waals surface area contributed by atoms with Gasteiger partial charge in [0.25, 0.3) is 0 Å². The third kappa shape index (κ3) is 2.35. The first-order valence-corrected chi connectivity index (χ1v) is 8.10. The van der Waals surface area contributed by atoms with Gasteiger partial charge in [-0.1, -0.05) is 27.7 Å². The normalized spacial score (nSPS) is 43.7. The van der Waals surface area contributed by atoms with Gasteiger partial charge >= 0.3 is 0 Å². The summed E-state index contributed by atoms with van der Waals surface area (Å²) in [4.78, 5) is 23.9. The molecular formula is C18H30O2. The van der Waals surface area contributed by atoms with Crippen molar-refractivity contribution < 1.29 is 9.59 Å². The second-order valence-electron chi connectivity index (χ2n) is 8.37. The molecule has 0 saturated heterocycles. The summed E-state index contributed by atoms with van der Waals surface area (Å²) >= 11 is 0. The Hall–Kier alpha value is -0.660. The van der Waals surface area contributed by atoms with Crippen LogP contribution in [0.15, 0.2) is 0 Å². The Bertz CT molecular complexity index is 423. The summed E-state index contributed by atoms with van der Waals surface area (Å²) in [7, 11) is 0. The highest BCUT2D eigenvalue weighted by Crippen LogP contribution is 2.64. The van der Waals surface area contributed by atoms with Crippen molar-refractivity contribution in [1.82, 2.24) is 0 Å². The zero-order valence-electron chi connectivity index (χ0n) is 14.0. The third-order valence-corrected chi connectivity index (χ3v) is 6.62. The predicted molar refractivity (Wildman–Crippen MR) is 81.4 cm³/mol. The molecular weight excluding hydrogens is 248 g/mol. The van der Waals surface area contributed by atoms with Gasteiger partial charge in [0.1, 0.15) is 11.6 Å². The van der Waals surface area contributed by atoms with Crippen LogP contribution < -0.4 is 0 Å². The molecule has 0 aromatic rings. The Morgan fingerprint density at radius 3 is 1.55 bits per heavy atom. The lowest BCUT2D eigenvalue weighted by atomic mass is 9.51. The molecule has 5 atom stereocenters. The van der Waals surface area contributed by atoms with Crippen LogP contribution in [-0.2, 0) is 9.59 Å². The van der Waals surface area contributed by atoms with Gasteiger partial charge in [0.05, 0.1) is 0 Å². The molecule has 2 rings (SSSR count). The summed E-state index contributed by atoms with van der Waals surface area (Å²) in [5, 5.41) is 0. The van der Waals surface area contributed by atoms with Gasteiger partial charge in [0.15, 0.2) is 0 Å². The lowest BCUT2D eigenvalue weighted by molar-refractivity contribution is -0.130. The van der Waals surface area contributed by atoms with E-state index in [4.69, 9.17) is 0 Å². The van der Waals surface area contributed by atoms with Crippen molar-refractivity contribution in [1.29, 1.82) is 0 Å². The summed E-state index contributed by atoms with van der Waals surface area (Å²) in [5.74, 6) is 2.01. The number of rotatable bonds is 2. The zero-order chi connectivity index (χ0) is 15.3. The molecule has 114 valence electrons. The first kappa shape index (κ1) is 15.7. The molecule has 0 aliphatic heterocycles. The second-order valence-corrected chi connectivity index (χ2v) is 8.37. The van der Waals surface area contributed by atoms with Gasteiger partial charge in [-0.2, -0.15) is 0 Å². The molecule has 2 aliphatic rings. The van der Waals surface area contributed by atoms with Crippen LogP contribution >= 0.6 is 0 Å². The summed E-state index contributed by atoms with van der Waals surface area (Å²) < 4.78 is 0. The molecule has 2 nitrogen and oxygen atoms in total. The van der Waals surface area contributed by atoms with Crippen LogP contribution in [0.25, 0.3) is 0 Å². The monoisotopic (exact) mass is 278 g/mol. The summed E-state index contributed by atoms with van der Waals surface area (Å²) in [6.07, 6.45) is 4.20. The van der Waals surface area contributed by atoms with Gasteiger partial charge in [-0.05, 0) is 62.2 Å². The lowest BCUT2D eigenvalue weighted by Gasteiger charge is -2.53. The Morgan fingerprint density at radius 1 is 0.800 bits per heavy atom. The third-order valence-electron chi connectivity index (χ3n) is 6.62. The average molecular weight is 278 g/mol. The summed E-state index contributed by atoms with van der Waals surface area (Å²) in [6, 6.07) is 0. The molecule has 2 heteroatoms. The van der Waals surface area contributed by atoms with E-state index >= 15 is 0 Å². The minimum Gasteiger partial charge on any atom is -0.300 e. The molecule has 2 aliphatic carbocycles. The molecule has 0 aromatic heterocycles. The van der Waals surface area contributed by atoms with Crippen molar-refractivity contribution in [2.45, 2.75) is 67.2 Å². The molecule has 0 radical (unpaired) electrons. The number of carbonyl (C=O) groups is 2. The van der Waals surface area contributed by atoms with E-state index in [1.54, 1.807) is 13.8 Å². The second kappa shape index (κ2) is 4.96. The molecule has 0 bridgehead atoms. The van der Waals surface area contributed by atoms with Crippen LogP contribution in [-0.4, -0.2) is 11.6 Å². The number of carbonyl (C=O) groups excluding carboxylic acids is 2. The van der Waals surface area contributed by atoms with E-state index in [2.05, 4.69) is 27.7 Å². The van der Waals surface area contributed by atoms with Gasteiger partial charge in [0.2, 0.25) is 0 Å². The van der Waals surface area contributed by atoms with E-state index in [9.17, 15) is 9.59 Å². The van der Waals surface area contributed by atoms with Crippen LogP contribution in [0.5, 0.6) is 0 Å². The SMILES string of the molecule is CC(=O)C1CC2(CC(C)C(C(C)=O)C2)C(C)(C)CC1C. The van der Waals surface area contributed by atoms with Gasteiger partial charge < -0.3 is 0 Å². The van der Waals surface area contributed by atoms with Crippen LogP contribution in [0, 0.1) is 34.5 Å². The highest BCUT2D eigenvalue weighted by molar-refractivity contribution is 5.80. The lowest BCUT2D eigenvalue weighted by Crippen LogP contribution is -2.46. The van der Waals surface area contributed by atoms with Crippen molar-refractivity contribution in [3.05, 3.63) is 0 Å². The van der Waals surface area contributed by atoms with Crippen molar-refractivity contribution in [3.8, 4) is 0 Å². The van der Waals surface area contributed by atoms with Crippen molar-refractivity contribution in [2.24, 2.45) is 34.5 Å². The van der Waals surface area contributed by atoms with Gasteiger partial charge in [-0.25, -0.2) is 0 Å². The maximum absolute atomic E-state index is 12.0. The molecule has 0 aromatic carbocycles. The van der Waals surface area contributed by atoms with E-state index in [1.165, 1.54) is 0 Å². The maximum atomic E-state index is 12.0. The highest BCUT2D eigenvalue weighted by atomic mass is 16.1. The van der Waals surface area contributed by atoms with Gasteiger partial charge in [-0.3, -0.25) is 9.59 Å². The maximum Gasteiger partial charge on any atom is 0.133 e. The molecule has 0 heterocycles. The van der Waals surface area contributed by atoms with Crippen molar-refractivity contribution >= 4 is 11.6 Å². The van der Waals surface area contributed by atoms with Crippen LogP contribution in [0.2, 0.25) is 0 Å². The van der Waals surface area contributed by atoms with Crippen LogP contribution in [0.4, 0.5) is 0 Å². The number of ketones is 2. The van der Waals surface area contributed by atoms with E-state index in [-0.39, 0.29) is 22.7 Å². The average Bonchev–Trinajstić information content (AvgIpc) is 2.62. The number of hydrogen-bond acceptors (Lipinski definition) is 2. The van der Waals surface area contributed by atoms with Crippen molar-refractivity contribution in [3.63, 3.8) is 0 Å². The van der Waals surface area contributed by atoms with E-state index < -0.39 is 0 Å². The minimum atomic E-state index is 0.186. The van der Waals surface area contributed by atoms with Gasteiger partial charge in [0, 0.05) is 11.8 Å². The Balaban J connectivity index is 2.33. The van der Waals surface area contributed by atoms with Crippen LogP contribution in [0.1, 0.15) is 67.2 Å². The van der Waals surface area contributed by atoms with Crippen molar-refractivity contribution in [2.75, 3.05) is 0 Å². The molecule has 1 spiro atoms. The smallest absolute Gasteiger partial charge is 0.133 e. The highest BCUT2D eigenvalue weighted by Gasteiger charge is 2.57. The Kier molecular flexibility index (Phi) is 3.90. The standard InChI is InChI=1S/C18H30O2/c1-11-7-17(5,6)18(9-15(11)13(3)19)8-12(2)16(10-18)14(4)20/h11-12,15-16H,7-10H2,1-6H3. The van der Waals surface area contributed by atoms with Crippen LogP contribution in [0.3, 0.4) is 0 Å². The van der Waals surface area contributed by atoms with E-state index in [1.807, 2.05) is 0 Å². The van der Waals surface area contributed by atoms with E-state index in [0.717, 1.165) is 25.7 Å². The first-order valence-electron chi connectivity index (χ1n) is 8.10. The molecule has 2 fully saturated rings. The fourth-order valence-electron chi connectivity index (χ4n) is 5.33. The topological polar surface area (TPSA) is 34.1 Å². The molecule has 2 saturated carbocycles. The first-order chi connectivity index (χ1) is 9.09. The summed E-state index contributed by atoms with van der Waals surface area (Å²) in [5.41, 5.74) is 0.419. The van der Waals surface area contributed by atoms with Gasteiger partial charge in [-0.15, -0.1) is 0 Å². The number of hydrogen-bond donors (Lipinski definition) is 0. The largest absolute Gasteiger partial charge is 0.300 e. The quantitative estimate of drug-likeness (QED) is 0.756. The fraction of sp³-hybridized carbons (Fsp3) is 0.889. The molecule has 5 unspecified atom stereocenters. The summed E-state index contributed by atoms with van der Waals surface area (Å²) in [6.45, 7) is 12.6. The molecule has 20 heavy (non-hydrogen) atoms. The zero-order valence-corrected chi connectivity index (χ0v) is 14.0. The molecule has 0 amide bonds. The minimum absolute atomic E-state index is 0.186. The van der Waals surface area contributed by atoms with E-state index in [0.29, 0.717) is 23.4 Å². The Morgan fingerprint density at radius 2 is 1.20 bits per heavy atom.